The molecule has 2 heterocycles. The molecule has 0 atom stereocenters. The molecule has 0 spiro atoms. The van der Waals surface area contributed by atoms with Crippen molar-refractivity contribution in [1.29, 1.82) is 0 Å². The Hall–Kier alpha value is -2.43. The van der Waals surface area contributed by atoms with Crippen LogP contribution in [0.3, 0.4) is 0 Å². The summed E-state index contributed by atoms with van der Waals surface area (Å²) >= 11 is 0. The van der Waals surface area contributed by atoms with Crippen molar-refractivity contribution in [3.63, 3.8) is 0 Å². The summed E-state index contributed by atoms with van der Waals surface area (Å²) in [4.78, 5) is 17.6. The van der Waals surface area contributed by atoms with Crippen LogP contribution in [0.4, 0.5) is 5.82 Å². The van der Waals surface area contributed by atoms with Gasteiger partial charge in [0.15, 0.2) is 11.5 Å². The topological polar surface area (TPSA) is 59.8 Å². The quantitative estimate of drug-likeness (QED) is 0.703. The van der Waals surface area contributed by atoms with Crippen molar-refractivity contribution in [2.75, 3.05) is 5.32 Å². The van der Waals surface area contributed by atoms with Gasteiger partial charge in [-0.3, -0.25) is 4.79 Å². The normalized spacial score (nSPS) is 15.7. The fourth-order valence-electron chi connectivity index (χ4n) is 4.03. The first-order valence-corrected chi connectivity index (χ1v) is 10.1. The van der Waals surface area contributed by atoms with E-state index in [1.54, 1.807) is 0 Å². The Morgan fingerprint density at radius 3 is 2.74 bits per heavy atom. The van der Waals surface area contributed by atoms with E-state index in [1.165, 1.54) is 12.0 Å². The van der Waals surface area contributed by atoms with E-state index in [0.717, 1.165) is 54.2 Å². The van der Waals surface area contributed by atoms with E-state index in [9.17, 15) is 4.79 Å². The Bertz CT molecular complexity index is 983. The Morgan fingerprint density at radius 1 is 1.22 bits per heavy atom. The number of fused-ring (bicyclic) bond motifs is 2. The van der Waals surface area contributed by atoms with Gasteiger partial charge in [0, 0.05) is 17.8 Å². The number of benzene rings is 1. The number of pyridine rings is 1. The van der Waals surface area contributed by atoms with Crippen LogP contribution in [-0.4, -0.2) is 20.7 Å². The van der Waals surface area contributed by atoms with Crippen LogP contribution >= 0.6 is 0 Å². The maximum Gasteiger partial charge on any atom is 0.228 e. The van der Waals surface area contributed by atoms with E-state index in [2.05, 4.69) is 50.4 Å². The highest BCUT2D eigenvalue weighted by Gasteiger charge is 2.23. The lowest BCUT2D eigenvalue weighted by atomic mass is 9.89. The van der Waals surface area contributed by atoms with E-state index in [4.69, 9.17) is 10.1 Å². The molecule has 1 aromatic carbocycles. The summed E-state index contributed by atoms with van der Waals surface area (Å²) < 4.78 is 1.94. The number of carbonyl (C=O) groups excluding carboxylic acids is 1. The number of nitrogens with one attached hydrogen (secondary N) is 1. The van der Waals surface area contributed by atoms with E-state index < -0.39 is 0 Å². The zero-order valence-corrected chi connectivity index (χ0v) is 16.5. The molecule has 5 heteroatoms. The molecule has 27 heavy (non-hydrogen) atoms. The molecule has 1 aliphatic carbocycles. The highest BCUT2D eigenvalue weighted by molar-refractivity contribution is 6.03. The number of rotatable bonds is 4. The molecular formula is C22H28N4O. The van der Waals surface area contributed by atoms with Crippen molar-refractivity contribution >= 4 is 33.7 Å². The van der Waals surface area contributed by atoms with Crippen molar-refractivity contribution in [3.8, 4) is 0 Å². The molecular weight excluding hydrogens is 336 g/mol. The third-order valence-electron chi connectivity index (χ3n) is 5.43. The van der Waals surface area contributed by atoms with Crippen LogP contribution in [0.5, 0.6) is 0 Å². The van der Waals surface area contributed by atoms with Gasteiger partial charge in [0.1, 0.15) is 0 Å². The van der Waals surface area contributed by atoms with Crippen LogP contribution in [0.2, 0.25) is 0 Å². The predicted molar refractivity (Wildman–Crippen MR) is 110 cm³/mol. The summed E-state index contributed by atoms with van der Waals surface area (Å²) in [7, 11) is 0. The molecule has 1 amide bonds. The number of aromatic nitrogens is 3. The van der Waals surface area contributed by atoms with Gasteiger partial charge in [-0.1, -0.05) is 44.7 Å². The van der Waals surface area contributed by atoms with Crippen LogP contribution in [0.1, 0.15) is 51.5 Å². The zero-order valence-electron chi connectivity index (χ0n) is 16.5. The number of nitrogens with zero attached hydrogens (tertiary/aromatic N) is 3. The van der Waals surface area contributed by atoms with Crippen LogP contribution in [0.15, 0.2) is 24.3 Å². The minimum atomic E-state index is 0.107. The van der Waals surface area contributed by atoms with Gasteiger partial charge in [0.05, 0.1) is 10.9 Å². The standard InChI is InChI=1S/C22H28N4O/c1-14(2)13-26-21-18(12-17-11-15(3)9-10-19(17)23-21)20(25-26)24-22(27)16-7-5-4-6-8-16/h9-12,14,16H,4-8,13H2,1-3H3,(H,24,25,27). The van der Waals surface area contributed by atoms with Gasteiger partial charge in [-0.05, 0) is 43.9 Å². The van der Waals surface area contributed by atoms with Gasteiger partial charge in [0.2, 0.25) is 5.91 Å². The largest absolute Gasteiger partial charge is 0.308 e. The monoisotopic (exact) mass is 364 g/mol. The molecule has 2 aromatic heterocycles. The third-order valence-corrected chi connectivity index (χ3v) is 5.43. The second-order valence-corrected chi connectivity index (χ2v) is 8.30. The zero-order chi connectivity index (χ0) is 19.0. The molecule has 0 unspecified atom stereocenters. The highest BCUT2D eigenvalue weighted by atomic mass is 16.2. The summed E-state index contributed by atoms with van der Waals surface area (Å²) in [6.45, 7) is 7.19. The molecule has 0 aliphatic heterocycles. The van der Waals surface area contributed by atoms with Gasteiger partial charge >= 0.3 is 0 Å². The average molecular weight is 364 g/mol. The first kappa shape index (κ1) is 18.0. The van der Waals surface area contributed by atoms with Crippen LogP contribution in [-0.2, 0) is 11.3 Å². The average Bonchev–Trinajstić information content (AvgIpc) is 2.96. The van der Waals surface area contributed by atoms with Crippen LogP contribution in [0, 0.1) is 18.8 Å². The van der Waals surface area contributed by atoms with E-state index in [-0.39, 0.29) is 11.8 Å². The Kier molecular flexibility index (Phi) is 4.85. The Balaban J connectivity index is 1.76. The minimum absolute atomic E-state index is 0.107. The number of hydrogen-bond donors (Lipinski definition) is 1. The summed E-state index contributed by atoms with van der Waals surface area (Å²) in [5.74, 6) is 1.32. The van der Waals surface area contributed by atoms with Gasteiger partial charge in [-0.15, -0.1) is 0 Å². The smallest absolute Gasteiger partial charge is 0.228 e. The summed E-state index contributed by atoms with van der Waals surface area (Å²) in [5.41, 5.74) is 3.01. The predicted octanol–water partition coefficient (Wildman–Crippen LogP) is 5.07. The van der Waals surface area contributed by atoms with Crippen LogP contribution < -0.4 is 5.32 Å². The number of aryl methyl sites for hydroxylation is 1. The van der Waals surface area contributed by atoms with Crippen molar-refractivity contribution in [1.82, 2.24) is 14.8 Å². The SMILES string of the molecule is Cc1ccc2nc3c(cc2c1)c(NC(=O)C1CCCCC1)nn3CC(C)C. The molecule has 0 saturated heterocycles. The van der Waals surface area contributed by atoms with Crippen LogP contribution in [0.25, 0.3) is 21.9 Å². The van der Waals surface area contributed by atoms with Gasteiger partial charge in [0.25, 0.3) is 0 Å². The molecule has 1 N–H and O–H groups in total. The molecule has 0 radical (unpaired) electrons. The fourth-order valence-corrected chi connectivity index (χ4v) is 4.03. The lowest BCUT2D eigenvalue weighted by Gasteiger charge is -2.20. The molecule has 5 nitrogen and oxygen atoms in total. The minimum Gasteiger partial charge on any atom is -0.308 e. The summed E-state index contributed by atoms with van der Waals surface area (Å²) in [6.07, 6.45) is 5.50. The molecule has 1 saturated carbocycles. The van der Waals surface area contributed by atoms with Crippen molar-refractivity contribution in [2.45, 2.75) is 59.4 Å². The van der Waals surface area contributed by atoms with Crippen molar-refractivity contribution < 1.29 is 4.79 Å². The maximum absolute atomic E-state index is 12.8. The molecule has 142 valence electrons. The molecule has 1 aliphatic rings. The van der Waals surface area contributed by atoms with E-state index in [0.29, 0.717) is 11.7 Å². The van der Waals surface area contributed by atoms with Crippen molar-refractivity contribution in [2.24, 2.45) is 11.8 Å². The Labute approximate surface area is 160 Å². The number of carbonyl (C=O) groups is 1. The maximum atomic E-state index is 12.8. The van der Waals surface area contributed by atoms with Gasteiger partial charge in [-0.25, -0.2) is 9.67 Å². The third kappa shape index (κ3) is 3.68. The lowest BCUT2D eigenvalue weighted by Crippen LogP contribution is -2.25. The first-order valence-electron chi connectivity index (χ1n) is 10.1. The highest BCUT2D eigenvalue weighted by Crippen LogP contribution is 2.29. The molecule has 4 rings (SSSR count). The number of hydrogen-bond acceptors (Lipinski definition) is 3. The second-order valence-electron chi connectivity index (χ2n) is 8.30. The van der Waals surface area contributed by atoms with E-state index >= 15 is 0 Å². The Morgan fingerprint density at radius 2 is 2.00 bits per heavy atom. The van der Waals surface area contributed by atoms with Gasteiger partial charge in [-0.2, -0.15) is 5.10 Å². The lowest BCUT2D eigenvalue weighted by molar-refractivity contribution is -0.120. The first-order chi connectivity index (χ1) is 13.0. The summed E-state index contributed by atoms with van der Waals surface area (Å²) in [6, 6.07) is 8.38. The fraction of sp³-hybridized carbons (Fsp3) is 0.500. The van der Waals surface area contributed by atoms with Gasteiger partial charge < -0.3 is 5.32 Å². The second kappa shape index (κ2) is 7.29. The molecule has 1 fully saturated rings. The molecule has 3 aromatic rings. The molecule has 0 bridgehead atoms. The van der Waals surface area contributed by atoms with E-state index in [1.807, 2.05) is 4.68 Å². The van der Waals surface area contributed by atoms with Crippen molar-refractivity contribution in [3.05, 3.63) is 29.8 Å². The number of amides is 1. The number of anilines is 1. The summed E-state index contributed by atoms with van der Waals surface area (Å²) in [5, 5.41) is 9.86.